The standard InChI is InChI=1S/C21H31FN4O2/c1-15(28-19-10-6-5-9-18(19)22)13-24-21(23-2)25-17-11-12-26(14-17)20(27)16-7-3-4-8-16/h5-6,9-10,15-17H,3-4,7-8,11-14H2,1-2H3,(H2,23,24,25). The van der Waals surface area contributed by atoms with Gasteiger partial charge in [-0.25, -0.2) is 4.39 Å². The third-order valence-electron chi connectivity index (χ3n) is 5.49. The monoisotopic (exact) mass is 390 g/mol. The molecule has 2 atom stereocenters. The molecule has 1 aromatic carbocycles. The molecule has 28 heavy (non-hydrogen) atoms. The molecule has 0 aromatic heterocycles. The van der Waals surface area contributed by atoms with Crippen molar-refractivity contribution in [3.8, 4) is 5.75 Å². The maximum absolute atomic E-state index is 13.7. The van der Waals surface area contributed by atoms with E-state index in [1.807, 2.05) is 11.8 Å². The van der Waals surface area contributed by atoms with Gasteiger partial charge in [-0.1, -0.05) is 25.0 Å². The summed E-state index contributed by atoms with van der Waals surface area (Å²) in [7, 11) is 1.72. The molecule has 154 valence electrons. The van der Waals surface area contributed by atoms with Crippen molar-refractivity contribution in [2.45, 2.75) is 51.2 Å². The van der Waals surface area contributed by atoms with E-state index in [4.69, 9.17) is 4.74 Å². The van der Waals surface area contributed by atoms with E-state index in [2.05, 4.69) is 15.6 Å². The second kappa shape index (κ2) is 9.75. The summed E-state index contributed by atoms with van der Waals surface area (Å²) >= 11 is 0. The van der Waals surface area contributed by atoms with Crippen LogP contribution in [0.1, 0.15) is 39.0 Å². The average Bonchev–Trinajstić information content (AvgIpc) is 3.38. The number of nitrogens with zero attached hydrogens (tertiary/aromatic N) is 2. The highest BCUT2D eigenvalue weighted by atomic mass is 19.1. The molecule has 1 amide bonds. The first-order chi connectivity index (χ1) is 13.6. The van der Waals surface area contributed by atoms with E-state index in [9.17, 15) is 9.18 Å². The minimum Gasteiger partial charge on any atom is -0.486 e. The maximum atomic E-state index is 13.7. The molecule has 1 heterocycles. The first kappa shape index (κ1) is 20.4. The Morgan fingerprint density at radius 1 is 1.32 bits per heavy atom. The van der Waals surface area contributed by atoms with E-state index >= 15 is 0 Å². The predicted molar refractivity (Wildman–Crippen MR) is 108 cm³/mol. The number of nitrogens with one attached hydrogen (secondary N) is 2. The van der Waals surface area contributed by atoms with Crippen LogP contribution in [-0.2, 0) is 4.79 Å². The van der Waals surface area contributed by atoms with Gasteiger partial charge in [0.2, 0.25) is 5.91 Å². The molecule has 7 heteroatoms. The van der Waals surface area contributed by atoms with Crippen molar-refractivity contribution in [1.29, 1.82) is 0 Å². The number of aliphatic imine (C=N–C) groups is 1. The molecule has 2 N–H and O–H groups in total. The Bertz CT molecular complexity index is 691. The normalized spacial score (nSPS) is 21.6. The zero-order valence-corrected chi connectivity index (χ0v) is 16.8. The van der Waals surface area contributed by atoms with Crippen LogP contribution in [0.3, 0.4) is 0 Å². The molecule has 2 fully saturated rings. The highest BCUT2D eigenvalue weighted by Gasteiger charge is 2.32. The number of benzene rings is 1. The van der Waals surface area contributed by atoms with E-state index < -0.39 is 0 Å². The smallest absolute Gasteiger partial charge is 0.225 e. The first-order valence-corrected chi connectivity index (χ1v) is 10.2. The lowest BCUT2D eigenvalue weighted by Crippen LogP contribution is -2.47. The van der Waals surface area contributed by atoms with Crippen molar-refractivity contribution >= 4 is 11.9 Å². The Balaban J connectivity index is 1.42. The molecule has 2 unspecified atom stereocenters. The van der Waals surface area contributed by atoms with Crippen LogP contribution in [-0.4, -0.2) is 55.6 Å². The van der Waals surface area contributed by atoms with Crippen LogP contribution in [0, 0.1) is 11.7 Å². The summed E-state index contributed by atoms with van der Waals surface area (Å²) in [6.45, 7) is 3.89. The molecule has 1 aliphatic carbocycles. The van der Waals surface area contributed by atoms with Gasteiger partial charge in [0, 0.05) is 32.1 Å². The largest absolute Gasteiger partial charge is 0.486 e. The van der Waals surface area contributed by atoms with Crippen molar-refractivity contribution in [3.63, 3.8) is 0 Å². The number of hydrogen-bond donors (Lipinski definition) is 2. The molecule has 1 saturated heterocycles. The number of rotatable bonds is 6. The van der Waals surface area contributed by atoms with Gasteiger partial charge in [0.1, 0.15) is 6.10 Å². The summed E-state index contributed by atoms with van der Waals surface area (Å²) in [4.78, 5) is 18.8. The molecular formula is C21H31FN4O2. The molecule has 1 aliphatic heterocycles. The Labute approximate surface area is 166 Å². The summed E-state index contributed by atoms with van der Waals surface area (Å²) in [5.74, 6) is 1.10. The summed E-state index contributed by atoms with van der Waals surface area (Å²) in [6, 6.07) is 6.58. The second-order valence-corrected chi connectivity index (χ2v) is 7.71. The predicted octanol–water partition coefficient (Wildman–Crippen LogP) is 2.55. The lowest BCUT2D eigenvalue weighted by molar-refractivity contribution is -0.134. The Hall–Kier alpha value is -2.31. The molecule has 6 nitrogen and oxygen atoms in total. The van der Waals surface area contributed by atoms with Gasteiger partial charge < -0.3 is 20.3 Å². The lowest BCUT2D eigenvalue weighted by atomic mass is 10.1. The van der Waals surface area contributed by atoms with Crippen LogP contribution in [0.4, 0.5) is 4.39 Å². The van der Waals surface area contributed by atoms with Gasteiger partial charge in [-0.05, 0) is 38.3 Å². The molecule has 0 bridgehead atoms. The van der Waals surface area contributed by atoms with Crippen LogP contribution in [0.5, 0.6) is 5.75 Å². The lowest BCUT2D eigenvalue weighted by Gasteiger charge is -2.22. The Morgan fingerprint density at radius 3 is 2.79 bits per heavy atom. The summed E-state index contributed by atoms with van der Waals surface area (Å²) in [5, 5.41) is 6.61. The Morgan fingerprint density at radius 2 is 2.07 bits per heavy atom. The van der Waals surface area contributed by atoms with Gasteiger partial charge in [0.05, 0.1) is 6.54 Å². The van der Waals surface area contributed by atoms with Gasteiger partial charge in [-0.3, -0.25) is 9.79 Å². The molecular weight excluding hydrogens is 359 g/mol. The molecule has 3 rings (SSSR count). The molecule has 1 aromatic rings. The minimum absolute atomic E-state index is 0.194. The molecule has 1 saturated carbocycles. The number of hydrogen-bond acceptors (Lipinski definition) is 3. The van der Waals surface area contributed by atoms with Gasteiger partial charge >= 0.3 is 0 Å². The number of ether oxygens (including phenoxy) is 1. The van der Waals surface area contributed by atoms with Gasteiger partial charge in [0.15, 0.2) is 17.5 Å². The van der Waals surface area contributed by atoms with Crippen molar-refractivity contribution in [3.05, 3.63) is 30.1 Å². The number of amides is 1. The number of halogens is 1. The summed E-state index contributed by atoms with van der Waals surface area (Å²) in [5.41, 5.74) is 0. The maximum Gasteiger partial charge on any atom is 0.225 e. The fourth-order valence-electron chi connectivity index (χ4n) is 3.94. The minimum atomic E-state index is -0.366. The van der Waals surface area contributed by atoms with Crippen molar-refractivity contribution < 1.29 is 13.9 Å². The number of para-hydroxylation sites is 1. The van der Waals surface area contributed by atoms with Crippen molar-refractivity contribution in [2.24, 2.45) is 10.9 Å². The fourth-order valence-corrected chi connectivity index (χ4v) is 3.94. The van der Waals surface area contributed by atoms with Gasteiger partial charge in [-0.2, -0.15) is 0 Å². The number of likely N-dealkylation sites (tertiary alicyclic amines) is 1. The van der Waals surface area contributed by atoms with Crippen LogP contribution >= 0.6 is 0 Å². The number of guanidine groups is 1. The van der Waals surface area contributed by atoms with Crippen LogP contribution < -0.4 is 15.4 Å². The molecule has 0 radical (unpaired) electrons. The van der Waals surface area contributed by atoms with E-state index in [-0.39, 0.29) is 29.6 Å². The fraction of sp³-hybridized carbons (Fsp3) is 0.619. The topological polar surface area (TPSA) is 66.0 Å². The second-order valence-electron chi connectivity index (χ2n) is 7.71. The van der Waals surface area contributed by atoms with E-state index in [1.54, 1.807) is 25.2 Å². The molecule has 2 aliphatic rings. The van der Waals surface area contributed by atoms with Crippen LogP contribution in [0.2, 0.25) is 0 Å². The summed E-state index contributed by atoms with van der Waals surface area (Å²) in [6.07, 6.45) is 5.12. The third kappa shape index (κ3) is 5.36. The zero-order valence-electron chi connectivity index (χ0n) is 16.8. The highest BCUT2D eigenvalue weighted by Crippen LogP contribution is 2.27. The van der Waals surface area contributed by atoms with Crippen LogP contribution in [0.15, 0.2) is 29.3 Å². The van der Waals surface area contributed by atoms with Crippen molar-refractivity contribution in [2.75, 3.05) is 26.7 Å². The van der Waals surface area contributed by atoms with E-state index in [0.717, 1.165) is 32.4 Å². The van der Waals surface area contributed by atoms with Crippen LogP contribution in [0.25, 0.3) is 0 Å². The number of carbonyl (C=O) groups is 1. The average molecular weight is 391 g/mol. The first-order valence-electron chi connectivity index (χ1n) is 10.2. The Kier molecular flexibility index (Phi) is 7.12. The van der Waals surface area contributed by atoms with Gasteiger partial charge in [0.25, 0.3) is 0 Å². The van der Waals surface area contributed by atoms with Crippen molar-refractivity contribution in [1.82, 2.24) is 15.5 Å². The third-order valence-corrected chi connectivity index (χ3v) is 5.49. The van der Waals surface area contributed by atoms with E-state index in [0.29, 0.717) is 18.4 Å². The summed E-state index contributed by atoms with van der Waals surface area (Å²) < 4.78 is 19.3. The SMILES string of the molecule is CN=C(NCC(C)Oc1ccccc1F)NC1CCN(C(=O)C2CCCC2)C1. The quantitative estimate of drug-likeness (QED) is 0.579. The number of carbonyl (C=O) groups excluding carboxylic acids is 1. The highest BCUT2D eigenvalue weighted by molar-refractivity contribution is 5.81. The van der Waals surface area contributed by atoms with Gasteiger partial charge in [-0.15, -0.1) is 0 Å². The van der Waals surface area contributed by atoms with E-state index in [1.165, 1.54) is 18.9 Å². The molecule has 0 spiro atoms. The zero-order chi connectivity index (χ0) is 19.9.